The first-order valence-electron chi connectivity index (χ1n) is 6.46. The van der Waals surface area contributed by atoms with Crippen LogP contribution in [0.1, 0.15) is 31.4 Å². The van der Waals surface area contributed by atoms with Crippen molar-refractivity contribution in [1.82, 2.24) is 5.32 Å². The number of halogens is 1. The smallest absolute Gasteiger partial charge is 0.127 e. The summed E-state index contributed by atoms with van der Waals surface area (Å²) in [6.07, 6.45) is 1.72. The van der Waals surface area contributed by atoms with Gasteiger partial charge in [0.1, 0.15) is 5.82 Å². The van der Waals surface area contributed by atoms with Gasteiger partial charge in [0.15, 0.2) is 0 Å². The maximum absolute atomic E-state index is 13.6. The van der Waals surface area contributed by atoms with Gasteiger partial charge in [-0.15, -0.1) is 0 Å². The Kier molecular flexibility index (Phi) is 8.05. The predicted octanol–water partition coefficient (Wildman–Crippen LogP) is 2.98. The third kappa shape index (κ3) is 5.38. The number of hydrogen-bond acceptors (Lipinski definition) is 3. The van der Waals surface area contributed by atoms with Gasteiger partial charge in [0.05, 0.1) is 0 Å². The fraction of sp³-hybridized carbons (Fsp3) is 0.571. The first-order valence-corrected chi connectivity index (χ1v) is 7.61. The SMILES string of the molecule is CCC(NCCSCCCO)c1ccccc1F. The Morgan fingerprint density at radius 3 is 2.78 bits per heavy atom. The van der Waals surface area contributed by atoms with Crippen LogP contribution in [0, 0.1) is 5.82 Å². The fourth-order valence-corrected chi connectivity index (χ4v) is 2.61. The van der Waals surface area contributed by atoms with Crippen LogP contribution >= 0.6 is 11.8 Å². The third-order valence-electron chi connectivity index (χ3n) is 2.77. The average molecular weight is 271 g/mol. The molecule has 0 saturated carbocycles. The van der Waals surface area contributed by atoms with E-state index < -0.39 is 0 Å². The van der Waals surface area contributed by atoms with Gasteiger partial charge in [-0.25, -0.2) is 4.39 Å². The Balaban J connectivity index is 2.32. The monoisotopic (exact) mass is 271 g/mol. The van der Waals surface area contributed by atoms with Crippen LogP contribution in [0.25, 0.3) is 0 Å². The third-order valence-corrected chi connectivity index (χ3v) is 3.84. The molecule has 0 saturated heterocycles. The van der Waals surface area contributed by atoms with Gasteiger partial charge in [-0.1, -0.05) is 25.1 Å². The van der Waals surface area contributed by atoms with Crippen LogP contribution in [0.15, 0.2) is 24.3 Å². The second-order valence-corrected chi connectivity index (χ2v) is 5.35. The van der Waals surface area contributed by atoms with Gasteiger partial charge in [-0.05, 0) is 24.7 Å². The molecule has 0 fully saturated rings. The van der Waals surface area contributed by atoms with E-state index in [2.05, 4.69) is 12.2 Å². The van der Waals surface area contributed by atoms with Crippen molar-refractivity contribution >= 4 is 11.8 Å². The van der Waals surface area contributed by atoms with Crippen LogP contribution in [0.3, 0.4) is 0 Å². The lowest BCUT2D eigenvalue weighted by molar-refractivity contribution is 0.296. The highest BCUT2D eigenvalue weighted by atomic mass is 32.2. The van der Waals surface area contributed by atoms with Crippen molar-refractivity contribution in [2.24, 2.45) is 0 Å². The first kappa shape index (κ1) is 15.5. The van der Waals surface area contributed by atoms with Crippen molar-refractivity contribution in [2.75, 3.05) is 24.7 Å². The summed E-state index contributed by atoms with van der Waals surface area (Å²) in [7, 11) is 0. The molecule has 0 aromatic heterocycles. The number of aliphatic hydroxyl groups excluding tert-OH is 1. The summed E-state index contributed by atoms with van der Waals surface area (Å²) >= 11 is 1.81. The Hall–Kier alpha value is -0.580. The summed E-state index contributed by atoms with van der Waals surface area (Å²) < 4.78 is 13.6. The van der Waals surface area contributed by atoms with Crippen LogP contribution < -0.4 is 5.32 Å². The zero-order valence-corrected chi connectivity index (χ0v) is 11.7. The molecule has 0 amide bonds. The highest BCUT2D eigenvalue weighted by Gasteiger charge is 2.12. The molecule has 1 rings (SSSR count). The van der Waals surface area contributed by atoms with E-state index in [0.717, 1.165) is 36.5 Å². The molecule has 1 unspecified atom stereocenters. The average Bonchev–Trinajstić information content (AvgIpc) is 2.39. The van der Waals surface area contributed by atoms with Crippen LogP contribution in [-0.2, 0) is 0 Å². The highest BCUT2D eigenvalue weighted by Crippen LogP contribution is 2.19. The normalized spacial score (nSPS) is 12.6. The molecule has 0 radical (unpaired) electrons. The zero-order valence-electron chi connectivity index (χ0n) is 10.9. The lowest BCUT2D eigenvalue weighted by Gasteiger charge is -2.17. The standard InChI is InChI=1S/C14H22FNOS/c1-2-14(12-6-3-4-7-13(12)15)16-8-11-18-10-5-9-17/h3-4,6-7,14,16-17H,2,5,8-11H2,1H3. The molecule has 0 heterocycles. The minimum atomic E-state index is -0.134. The van der Waals surface area contributed by atoms with Crippen molar-refractivity contribution < 1.29 is 9.50 Å². The van der Waals surface area contributed by atoms with Crippen molar-refractivity contribution in [3.8, 4) is 0 Å². The van der Waals surface area contributed by atoms with Crippen molar-refractivity contribution in [3.63, 3.8) is 0 Å². The molecule has 18 heavy (non-hydrogen) atoms. The summed E-state index contributed by atoms with van der Waals surface area (Å²) in [5, 5.41) is 12.0. The molecular formula is C14H22FNOS. The number of nitrogens with one attached hydrogen (secondary N) is 1. The topological polar surface area (TPSA) is 32.3 Å². The van der Waals surface area contributed by atoms with E-state index in [4.69, 9.17) is 5.11 Å². The van der Waals surface area contributed by atoms with E-state index in [0.29, 0.717) is 0 Å². The van der Waals surface area contributed by atoms with E-state index in [1.807, 2.05) is 23.9 Å². The molecule has 0 aliphatic carbocycles. The van der Waals surface area contributed by atoms with Gasteiger partial charge in [0.2, 0.25) is 0 Å². The van der Waals surface area contributed by atoms with Crippen LogP contribution in [0.4, 0.5) is 4.39 Å². The molecule has 1 aromatic rings. The minimum absolute atomic E-state index is 0.0876. The van der Waals surface area contributed by atoms with Crippen molar-refractivity contribution in [1.29, 1.82) is 0 Å². The molecular weight excluding hydrogens is 249 g/mol. The van der Waals surface area contributed by atoms with Crippen LogP contribution in [0.2, 0.25) is 0 Å². The minimum Gasteiger partial charge on any atom is -0.396 e. The predicted molar refractivity (Wildman–Crippen MR) is 76.5 cm³/mol. The number of benzene rings is 1. The fourth-order valence-electron chi connectivity index (χ4n) is 1.81. The van der Waals surface area contributed by atoms with Gasteiger partial charge in [-0.2, -0.15) is 11.8 Å². The van der Waals surface area contributed by atoms with Crippen LogP contribution in [-0.4, -0.2) is 29.8 Å². The van der Waals surface area contributed by atoms with Crippen LogP contribution in [0.5, 0.6) is 0 Å². The van der Waals surface area contributed by atoms with Gasteiger partial charge in [0, 0.05) is 30.5 Å². The van der Waals surface area contributed by atoms with E-state index in [-0.39, 0.29) is 18.5 Å². The molecule has 1 atom stereocenters. The van der Waals surface area contributed by atoms with Crippen molar-refractivity contribution in [2.45, 2.75) is 25.8 Å². The lowest BCUT2D eigenvalue weighted by Crippen LogP contribution is -2.24. The molecule has 0 bridgehead atoms. The van der Waals surface area contributed by atoms with Gasteiger partial charge in [-0.3, -0.25) is 0 Å². The number of rotatable bonds is 9. The first-order chi connectivity index (χ1) is 8.79. The second-order valence-electron chi connectivity index (χ2n) is 4.13. The summed E-state index contributed by atoms with van der Waals surface area (Å²) in [5.74, 6) is 1.84. The molecule has 0 aliphatic heterocycles. The second kappa shape index (κ2) is 9.36. The summed E-state index contributed by atoms with van der Waals surface area (Å²) in [6, 6.07) is 7.03. The Morgan fingerprint density at radius 2 is 2.11 bits per heavy atom. The Labute approximate surface area is 113 Å². The number of aliphatic hydroxyl groups is 1. The van der Waals surface area contributed by atoms with Gasteiger partial charge in [0.25, 0.3) is 0 Å². The summed E-state index contributed by atoms with van der Waals surface area (Å²) in [4.78, 5) is 0. The molecule has 4 heteroatoms. The molecule has 2 N–H and O–H groups in total. The molecule has 1 aromatic carbocycles. The maximum atomic E-state index is 13.6. The molecule has 102 valence electrons. The summed E-state index contributed by atoms with van der Waals surface area (Å²) in [5.41, 5.74) is 0.750. The zero-order chi connectivity index (χ0) is 13.2. The largest absolute Gasteiger partial charge is 0.396 e. The molecule has 2 nitrogen and oxygen atoms in total. The van der Waals surface area contributed by atoms with E-state index in [1.165, 1.54) is 6.07 Å². The number of hydrogen-bond donors (Lipinski definition) is 2. The number of thioether (sulfide) groups is 1. The Bertz CT molecular complexity index is 335. The molecule has 0 aliphatic rings. The highest BCUT2D eigenvalue weighted by molar-refractivity contribution is 7.99. The van der Waals surface area contributed by atoms with Crippen molar-refractivity contribution in [3.05, 3.63) is 35.6 Å². The van der Waals surface area contributed by atoms with E-state index in [1.54, 1.807) is 6.07 Å². The van der Waals surface area contributed by atoms with Gasteiger partial charge < -0.3 is 10.4 Å². The molecule has 0 spiro atoms. The van der Waals surface area contributed by atoms with E-state index in [9.17, 15) is 4.39 Å². The quantitative estimate of drug-likeness (QED) is 0.677. The Morgan fingerprint density at radius 1 is 1.33 bits per heavy atom. The van der Waals surface area contributed by atoms with Gasteiger partial charge >= 0.3 is 0 Å². The maximum Gasteiger partial charge on any atom is 0.127 e. The van der Waals surface area contributed by atoms with E-state index >= 15 is 0 Å². The lowest BCUT2D eigenvalue weighted by atomic mass is 10.0. The summed E-state index contributed by atoms with van der Waals surface area (Å²) in [6.45, 7) is 3.18.